The lowest BCUT2D eigenvalue weighted by molar-refractivity contribution is -0.141. The van der Waals surface area contributed by atoms with Crippen LogP contribution in [0.3, 0.4) is 0 Å². The second kappa shape index (κ2) is 7.68. The number of methoxy groups -OCH3 is 1. The van der Waals surface area contributed by atoms with Gasteiger partial charge in [0.1, 0.15) is 0 Å². The Hall–Kier alpha value is -0.750. The fraction of sp³-hybridized carbons (Fsp3) is 0.880. The number of ether oxygens (including phenoxy) is 1. The van der Waals surface area contributed by atoms with Crippen molar-refractivity contribution in [3.05, 3.63) is 11.6 Å². The van der Waals surface area contributed by atoms with Gasteiger partial charge < -0.3 is 19.8 Å². The third-order valence-electron chi connectivity index (χ3n) is 10.1. The molecule has 3 fully saturated rings. The van der Waals surface area contributed by atoms with E-state index in [0.717, 1.165) is 50.6 Å². The Morgan fingerprint density at radius 1 is 1.20 bits per heavy atom. The molecule has 3 saturated carbocycles. The zero-order chi connectivity index (χ0) is 21.9. The second-order valence-electron chi connectivity index (χ2n) is 11.2. The summed E-state index contributed by atoms with van der Waals surface area (Å²) in [6.07, 6.45) is 7.44. The first-order valence-corrected chi connectivity index (χ1v) is 11.9. The van der Waals surface area contributed by atoms with Gasteiger partial charge in [-0.2, -0.15) is 0 Å². The topological polar surface area (TPSA) is 70.0 Å². The molecule has 0 aromatic heterocycles. The number of rotatable bonds is 5. The Bertz CT molecular complexity index is 722. The average molecular weight is 420 g/mol. The number of hydrogen-bond donors (Lipinski definition) is 2. The maximum Gasteiger partial charge on any atom is 0.159 e. The predicted molar refractivity (Wildman–Crippen MR) is 117 cm³/mol. The summed E-state index contributed by atoms with van der Waals surface area (Å²) in [6.45, 7) is 8.39. The molecule has 170 valence electrons. The van der Waals surface area contributed by atoms with Crippen LogP contribution in [0.25, 0.3) is 0 Å². The van der Waals surface area contributed by atoms with Gasteiger partial charge in [-0.1, -0.05) is 13.8 Å². The summed E-state index contributed by atoms with van der Waals surface area (Å²) in [5, 5.41) is 22.4. The highest BCUT2D eigenvalue weighted by atomic mass is 16.5. The van der Waals surface area contributed by atoms with Gasteiger partial charge in [-0.05, 0) is 87.8 Å². The molecule has 4 aliphatic carbocycles. The highest BCUT2D eigenvalue weighted by Gasteiger charge is 2.66. The van der Waals surface area contributed by atoms with E-state index in [2.05, 4.69) is 32.7 Å². The summed E-state index contributed by atoms with van der Waals surface area (Å²) in [7, 11) is 3.89. The summed E-state index contributed by atoms with van der Waals surface area (Å²) >= 11 is 0. The van der Waals surface area contributed by atoms with Gasteiger partial charge >= 0.3 is 0 Å². The van der Waals surface area contributed by atoms with Crippen molar-refractivity contribution in [3.63, 3.8) is 0 Å². The average Bonchev–Trinajstić information content (AvgIpc) is 2.99. The minimum atomic E-state index is -0.892. The van der Waals surface area contributed by atoms with Gasteiger partial charge in [-0.25, -0.2) is 0 Å². The molecule has 0 bridgehead atoms. The number of carbonyl (C=O) groups is 1. The van der Waals surface area contributed by atoms with Crippen LogP contribution >= 0.6 is 0 Å². The monoisotopic (exact) mass is 419 g/mol. The van der Waals surface area contributed by atoms with Gasteiger partial charge in [0.25, 0.3) is 0 Å². The maximum atomic E-state index is 13.2. The molecule has 0 aliphatic heterocycles. The van der Waals surface area contributed by atoms with Crippen LogP contribution in [0, 0.1) is 28.6 Å². The Balaban J connectivity index is 1.66. The van der Waals surface area contributed by atoms with E-state index < -0.39 is 5.60 Å². The lowest BCUT2D eigenvalue weighted by atomic mass is 9.46. The van der Waals surface area contributed by atoms with Gasteiger partial charge in [0.15, 0.2) is 5.78 Å². The number of carbonyl (C=O) groups excluding carboxylic acids is 1. The molecule has 2 N–H and O–H groups in total. The quantitative estimate of drug-likeness (QED) is 0.716. The Morgan fingerprint density at radius 2 is 1.93 bits per heavy atom. The van der Waals surface area contributed by atoms with E-state index in [1.54, 1.807) is 7.11 Å². The first kappa shape index (κ1) is 22.4. The smallest absolute Gasteiger partial charge is 0.159 e. The standard InChI is InChI=1S/C25H41NO4/c1-16(26(4)12-13-30-5)18-8-11-25(29)20-15-22(28)21-14-17(27)6-9-23(21,2)19(20)7-10-24(18,25)3/h15-19,21,27,29H,6-14H2,1-5H3/t16?,17?,18?,19?,21?,23?,24?,25-/m1/s1. The summed E-state index contributed by atoms with van der Waals surface area (Å²) < 4.78 is 5.27. The fourth-order valence-electron chi connectivity index (χ4n) is 7.88. The molecule has 0 spiro atoms. The molecule has 5 heteroatoms. The third-order valence-corrected chi connectivity index (χ3v) is 10.1. The molecule has 7 unspecified atom stereocenters. The molecule has 4 rings (SSSR count). The highest BCUT2D eigenvalue weighted by molar-refractivity contribution is 5.95. The van der Waals surface area contributed by atoms with Gasteiger partial charge in [-0.15, -0.1) is 0 Å². The molecule has 8 atom stereocenters. The lowest BCUT2D eigenvalue weighted by Gasteiger charge is -2.60. The molecular weight excluding hydrogens is 378 g/mol. The Kier molecular flexibility index (Phi) is 5.75. The van der Waals surface area contributed by atoms with Gasteiger partial charge in [-0.3, -0.25) is 4.79 Å². The maximum absolute atomic E-state index is 13.2. The Morgan fingerprint density at radius 3 is 2.63 bits per heavy atom. The molecular formula is C25H41NO4. The summed E-state index contributed by atoms with van der Waals surface area (Å²) in [6, 6.07) is 0.351. The van der Waals surface area contributed by atoms with Crippen LogP contribution in [-0.2, 0) is 9.53 Å². The van der Waals surface area contributed by atoms with Crippen molar-refractivity contribution in [2.75, 3.05) is 27.3 Å². The van der Waals surface area contributed by atoms with E-state index >= 15 is 0 Å². The van der Waals surface area contributed by atoms with Gasteiger partial charge in [0, 0.05) is 31.0 Å². The minimum absolute atomic E-state index is 0.0979. The number of aliphatic hydroxyl groups is 2. The van der Waals surface area contributed by atoms with Crippen LogP contribution < -0.4 is 0 Å². The first-order chi connectivity index (χ1) is 14.1. The summed E-state index contributed by atoms with van der Waals surface area (Å²) in [5.74, 6) is 0.680. The van der Waals surface area contributed by atoms with Crippen molar-refractivity contribution in [1.29, 1.82) is 0 Å². The zero-order valence-electron chi connectivity index (χ0n) is 19.5. The van der Waals surface area contributed by atoms with Crippen molar-refractivity contribution in [3.8, 4) is 0 Å². The van der Waals surface area contributed by atoms with Crippen molar-refractivity contribution >= 4 is 5.78 Å². The number of hydrogen-bond acceptors (Lipinski definition) is 5. The molecule has 5 nitrogen and oxygen atoms in total. The number of aliphatic hydroxyl groups excluding tert-OH is 1. The van der Waals surface area contributed by atoms with E-state index in [-0.39, 0.29) is 34.6 Å². The van der Waals surface area contributed by atoms with E-state index in [1.807, 2.05) is 6.08 Å². The number of fused-ring (bicyclic) bond motifs is 5. The minimum Gasteiger partial charge on any atom is -0.393 e. The Labute approximate surface area is 181 Å². The molecule has 0 heterocycles. The summed E-state index contributed by atoms with van der Waals surface area (Å²) in [5.41, 5.74) is -0.216. The van der Waals surface area contributed by atoms with E-state index in [4.69, 9.17) is 4.74 Å². The molecule has 30 heavy (non-hydrogen) atoms. The van der Waals surface area contributed by atoms with Crippen LogP contribution in [0.4, 0.5) is 0 Å². The van der Waals surface area contributed by atoms with Crippen LogP contribution in [0.15, 0.2) is 11.6 Å². The summed E-state index contributed by atoms with van der Waals surface area (Å²) in [4.78, 5) is 15.5. The predicted octanol–water partition coefficient (Wildman–Crippen LogP) is 3.19. The van der Waals surface area contributed by atoms with Crippen molar-refractivity contribution < 1.29 is 19.7 Å². The molecule has 4 aliphatic rings. The fourth-order valence-corrected chi connectivity index (χ4v) is 7.88. The number of ketones is 1. The highest BCUT2D eigenvalue weighted by Crippen LogP contribution is 2.67. The molecule has 0 radical (unpaired) electrons. The number of allylic oxidation sites excluding steroid dienone is 1. The molecule has 0 aromatic rings. The zero-order valence-corrected chi connectivity index (χ0v) is 19.5. The van der Waals surface area contributed by atoms with E-state index in [1.165, 1.54) is 0 Å². The number of nitrogens with zero attached hydrogens (tertiary/aromatic N) is 1. The molecule has 0 saturated heterocycles. The molecule has 0 amide bonds. The SMILES string of the molecule is COCCN(C)C(C)C1CC[C@@]2(O)C3=CC(=O)C4CC(O)CCC4(C)C3CCC12C. The molecule has 0 aromatic carbocycles. The van der Waals surface area contributed by atoms with Crippen LogP contribution in [0.1, 0.15) is 65.7 Å². The van der Waals surface area contributed by atoms with Crippen molar-refractivity contribution in [2.45, 2.75) is 83.5 Å². The third kappa shape index (κ3) is 3.07. The lowest BCUT2D eigenvalue weighted by Crippen LogP contribution is -2.60. The normalized spacial score (nSPS) is 46.8. The van der Waals surface area contributed by atoms with Crippen molar-refractivity contribution in [1.82, 2.24) is 4.90 Å². The van der Waals surface area contributed by atoms with Crippen LogP contribution in [0.2, 0.25) is 0 Å². The van der Waals surface area contributed by atoms with E-state index in [0.29, 0.717) is 25.0 Å². The van der Waals surface area contributed by atoms with Crippen molar-refractivity contribution in [2.24, 2.45) is 28.6 Å². The first-order valence-electron chi connectivity index (χ1n) is 11.9. The second-order valence-corrected chi connectivity index (χ2v) is 11.2. The number of likely N-dealkylation sites (N-methyl/N-ethyl adjacent to an activating group) is 1. The van der Waals surface area contributed by atoms with Crippen LogP contribution in [-0.4, -0.2) is 66.0 Å². The largest absolute Gasteiger partial charge is 0.393 e. The van der Waals surface area contributed by atoms with E-state index in [9.17, 15) is 15.0 Å². The van der Waals surface area contributed by atoms with Gasteiger partial charge in [0.2, 0.25) is 0 Å². The van der Waals surface area contributed by atoms with Gasteiger partial charge in [0.05, 0.1) is 18.3 Å². The van der Waals surface area contributed by atoms with Crippen LogP contribution in [0.5, 0.6) is 0 Å².